The highest BCUT2D eigenvalue weighted by atomic mass is 28.4. The van der Waals surface area contributed by atoms with E-state index in [2.05, 4.69) is 26.2 Å². The Morgan fingerprint density at radius 1 is 0.808 bits per heavy atom. The van der Waals surface area contributed by atoms with Crippen LogP contribution in [0.25, 0.3) is 0 Å². The fourth-order valence-corrected chi connectivity index (χ4v) is 10.5. The Balaban J connectivity index is 2.17. The van der Waals surface area contributed by atoms with E-state index in [9.17, 15) is 0 Å². The van der Waals surface area contributed by atoms with Crippen LogP contribution in [0.15, 0.2) is 0 Å². The minimum Gasteiger partial charge on any atom is -0.420 e. The first kappa shape index (κ1) is 22.6. The number of hydrogen-bond acceptors (Lipinski definition) is 2. The van der Waals surface area contributed by atoms with Crippen LogP contribution in [-0.2, 0) is 8.85 Å². The Labute approximate surface area is 166 Å². The molecule has 0 heterocycles. The summed E-state index contributed by atoms with van der Waals surface area (Å²) in [5, 5.41) is 0.523. The summed E-state index contributed by atoms with van der Waals surface area (Å²) in [7, 11) is 0.833. The second-order valence-electron chi connectivity index (χ2n) is 10.4. The molecule has 2 fully saturated rings. The van der Waals surface area contributed by atoms with Gasteiger partial charge in [0.15, 0.2) is 16.6 Å². The van der Waals surface area contributed by atoms with E-state index in [1.54, 1.807) is 0 Å². The van der Waals surface area contributed by atoms with Crippen molar-refractivity contribution in [2.24, 2.45) is 11.8 Å². The minimum atomic E-state index is -1.68. The molecule has 0 bridgehead atoms. The van der Waals surface area contributed by atoms with Crippen LogP contribution in [0.5, 0.6) is 0 Å². The van der Waals surface area contributed by atoms with Crippen molar-refractivity contribution in [3.05, 3.63) is 0 Å². The van der Waals surface area contributed by atoms with Gasteiger partial charge in [0.25, 0.3) is 0 Å². The smallest absolute Gasteiger partial charge is 0.192 e. The maximum absolute atomic E-state index is 6.32. The highest BCUT2D eigenvalue weighted by Gasteiger charge is 2.52. The van der Waals surface area contributed by atoms with Crippen molar-refractivity contribution in [2.75, 3.05) is 14.2 Å². The first-order valence-electron chi connectivity index (χ1n) is 11.4. The zero-order valence-corrected chi connectivity index (χ0v) is 20.7. The quantitative estimate of drug-likeness (QED) is 0.329. The number of hydrogen-bond donors (Lipinski definition) is 0. The molecule has 0 spiro atoms. The molecule has 2 nitrogen and oxygen atoms in total. The van der Waals surface area contributed by atoms with E-state index < -0.39 is 16.6 Å². The average Bonchev–Trinajstić information content (AvgIpc) is 3.01. The summed E-state index contributed by atoms with van der Waals surface area (Å²) in [6.07, 6.45) is 17.3. The third-order valence-electron chi connectivity index (χ3n) is 8.23. The highest BCUT2D eigenvalue weighted by Crippen LogP contribution is 2.59. The molecule has 0 saturated heterocycles. The fourth-order valence-electron chi connectivity index (χ4n) is 5.94. The first-order chi connectivity index (χ1) is 12.3. The van der Waals surface area contributed by atoms with E-state index in [0.717, 1.165) is 11.8 Å². The van der Waals surface area contributed by atoms with E-state index in [1.807, 2.05) is 14.2 Å². The molecule has 2 rings (SSSR count). The van der Waals surface area contributed by atoms with Gasteiger partial charge in [0, 0.05) is 14.2 Å². The van der Waals surface area contributed by atoms with Gasteiger partial charge in [-0.05, 0) is 68.4 Å². The Kier molecular flexibility index (Phi) is 8.46. The van der Waals surface area contributed by atoms with Gasteiger partial charge in [-0.15, -0.1) is 0 Å². The summed E-state index contributed by atoms with van der Waals surface area (Å²) in [6, 6.07) is 1.33. The molecule has 26 heavy (non-hydrogen) atoms. The summed E-state index contributed by atoms with van der Waals surface area (Å²) < 4.78 is 12.2. The summed E-state index contributed by atoms with van der Waals surface area (Å²) >= 11 is 0. The highest BCUT2D eigenvalue weighted by molar-refractivity contribution is 6.74. The van der Waals surface area contributed by atoms with Crippen molar-refractivity contribution >= 4 is 16.6 Å². The molecule has 0 aromatic carbocycles. The molecule has 2 aliphatic carbocycles. The molecule has 154 valence electrons. The van der Waals surface area contributed by atoms with Crippen molar-refractivity contribution in [1.29, 1.82) is 0 Å². The van der Waals surface area contributed by atoms with Gasteiger partial charge in [0.1, 0.15) is 0 Å². The van der Waals surface area contributed by atoms with Crippen molar-refractivity contribution in [1.82, 2.24) is 0 Å². The molecule has 0 aromatic rings. The predicted octanol–water partition coefficient (Wildman–Crippen LogP) is 7.37. The van der Waals surface area contributed by atoms with Crippen LogP contribution in [0.2, 0.25) is 37.3 Å². The van der Waals surface area contributed by atoms with E-state index >= 15 is 0 Å². The van der Waals surface area contributed by atoms with Crippen LogP contribution in [0.4, 0.5) is 0 Å². The van der Waals surface area contributed by atoms with E-state index in [-0.39, 0.29) is 0 Å². The van der Waals surface area contributed by atoms with Gasteiger partial charge >= 0.3 is 0 Å². The predicted molar refractivity (Wildman–Crippen MR) is 119 cm³/mol. The van der Waals surface area contributed by atoms with Crippen molar-refractivity contribution < 1.29 is 8.85 Å². The summed E-state index contributed by atoms with van der Waals surface area (Å²) in [6.45, 7) is 9.82. The van der Waals surface area contributed by atoms with Crippen LogP contribution in [-0.4, -0.2) is 30.9 Å². The van der Waals surface area contributed by atoms with E-state index in [4.69, 9.17) is 8.85 Å². The zero-order chi connectivity index (χ0) is 19.3. The summed E-state index contributed by atoms with van der Waals surface area (Å²) in [5.41, 5.74) is 0. The molecule has 0 aromatic heterocycles. The standard InChI is InChI=1S/C22H46O2Si2/c1-23-25(3,4)18-15-20-13-9-10-14-21(19-20)22(26(5,6)24-2)16-11-7-8-12-17-22/h20-21H,7-19H2,1-6H3. The van der Waals surface area contributed by atoms with E-state index in [0.29, 0.717) is 5.04 Å². The Bertz CT molecular complexity index is 414. The molecule has 2 unspecified atom stereocenters. The molecule has 0 aliphatic heterocycles. The van der Waals surface area contributed by atoms with Crippen molar-refractivity contribution in [3.63, 3.8) is 0 Å². The van der Waals surface area contributed by atoms with Gasteiger partial charge < -0.3 is 8.85 Å². The lowest BCUT2D eigenvalue weighted by Crippen LogP contribution is -2.49. The molecule has 0 amide bonds. The SMILES string of the molecule is CO[Si](C)(C)CCC1CCCCC(C2([Si](C)(C)OC)CCCCCC2)C1. The fraction of sp³-hybridized carbons (Fsp3) is 1.00. The van der Waals surface area contributed by atoms with Crippen LogP contribution >= 0.6 is 0 Å². The normalized spacial score (nSPS) is 28.4. The first-order valence-corrected chi connectivity index (χ1v) is 17.4. The largest absolute Gasteiger partial charge is 0.420 e. The molecule has 2 aliphatic rings. The lowest BCUT2D eigenvalue weighted by atomic mass is 9.77. The maximum atomic E-state index is 6.32. The second-order valence-corrected chi connectivity index (χ2v) is 19.2. The van der Waals surface area contributed by atoms with Gasteiger partial charge in [-0.3, -0.25) is 0 Å². The molecule has 4 heteroatoms. The van der Waals surface area contributed by atoms with Crippen molar-refractivity contribution in [3.8, 4) is 0 Å². The Morgan fingerprint density at radius 3 is 2.00 bits per heavy atom. The lowest BCUT2D eigenvalue weighted by Gasteiger charge is -2.50. The minimum absolute atomic E-state index is 0.523. The monoisotopic (exact) mass is 398 g/mol. The zero-order valence-electron chi connectivity index (χ0n) is 18.7. The summed E-state index contributed by atoms with van der Waals surface area (Å²) in [4.78, 5) is 0. The molecular weight excluding hydrogens is 352 g/mol. The molecular formula is C22H46O2Si2. The molecule has 0 radical (unpaired) electrons. The molecule has 0 N–H and O–H groups in total. The molecule has 2 saturated carbocycles. The second kappa shape index (κ2) is 9.71. The molecule has 2 atom stereocenters. The van der Waals surface area contributed by atoms with Gasteiger partial charge in [-0.1, -0.05) is 57.8 Å². The third-order valence-corrected chi connectivity index (χ3v) is 15.2. The van der Waals surface area contributed by atoms with Gasteiger partial charge in [-0.2, -0.15) is 0 Å². The maximum Gasteiger partial charge on any atom is 0.192 e. The number of rotatable bonds is 7. The summed E-state index contributed by atoms with van der Waals surface area (Å²) in [5.74, 6) is 1.83. The Hall–Kier alpha value is 0.354. The van der Waals surface area contributed by atoms with Gasteiger partial charge in [0.2, 0.25) is 0 Å². The van der Waals surface area contributed by atoms with Crippen LogP contribution < -0.4 is 0 Å². The van der Waals surface area contributed by atoms with Crippen molar-refractivity contribution in [2.45, 2.75) is 114 Å². The Morgan fingerprint density at radius 2 is 1.42 bits per heavy atom. The topological polar surface area (TPSA) is 18.5 Å². The average molecular weight is 399 g/mol. The van der Waals surface area contributed by atoms with Gasteiger partial charge in [0.05, 0.1) is 0 Å². The van der Waals surface area contributed by atoms with Crippen LogP contribution in [0.3, 0.4) is 0 Å². The van der Waals surface area contributed by atoms with E-state index in [1.165, 1.54) is 83.1 Å². The van der Waals surface area contributed by atoms with Crippen LogP contribution in [0.1, 0.15) is 77.0 Å². The van der Waals surface area contributed by atoms with Crippen LogP contribution in [0, 0.1) is 11.8 Å². The third kappa shape index (κ3) is 5.45. The lowest BCUT2D eigenvalue weighted by molar-refractivity contribution is 0.211. The van der Waals surface area contributed by atoms with Gasteiger partial charge in [-0.25, -0.2) is 0 Å².